The smallest absolute Gasteiger partial charge is 0.252 e. The molecule has 0 fully saturated rings. The molecule has 0 spiro atoms. The zero-order valence-corrected chi connectivity index (χ0v) is 46.0. The summed E-state index contributed by atoms with van der Waals surface area (Å²) in [6.07, 6.45) is 2.30. The molecule has 1 aliphatic carbocycles. The monoisotopic (exact) mass is 956 g/mol. The van der Waals surface area contributed by atoms with E-state index in [-0.39, 0.29) is 33.8 Å². The Kier molecular flexibility index (Phi) is 11.4. The fourth-order valence-corrected chi connectivity index (χ4v) is 12.2. The van der Waals surface area contributed by atoms with E-state index in [4.69, 9.17) is 0 Å². The molecule has 73 heavy (non-hydrogen) atoms. The molecule has 0 bridgehead atoms. The van der Waals surface area contributed by atoms with Crippen molar-refractivity contribution in [2.24, 2.45) is 0 Å². The van der Waals surface area contributed by atoms with E-state index in [2.05, 4.69) is 281 Å². The van der Waals surface area contributed by atoms with Gasteiger partial charge in [0.05, 0.1) is 5.69 Å². The zero-order chi connectivity index (χ0) is 51.6. The molecule has 0 amide bonds. The molecule has 4 heteroatoms. The minimum Gasteiger partial charge on any atom is -0.311 e. The maximum Gasteiger partial charge on any atom is 0.252 e. The average molecular weight is 956 g/mol. The molecule has 0 saturated carbocycles. The molecule has 0 N–H and O–H groups in total. The van der Waals surface area contributed by atoms with Crippen LogP contribution >= 0.6 is 0 Å². The third-order valence-electron chi connectivity index (χ3n) is 16.7. The third kappa shape index (κ3) is 8.30. The molecule has 8 aromatic carbocycles. The number of benzene rings is 8. The first-order chi connectivity index (χ1) is 34.5. The largest absolute Gasteiger partial charge is 0.311 e. The second-order valence-electron chi connectivity index (χ2n) is 25.9. The van der Waals surface area contributed by atoms with Crippen molar-refractivity contribution in [2.75, 3.05) is 14.7 Å². The highest BCUT2D eigenvalue weighted by atomic mass is 15.2. The Labute approximate surface area is 438 Å². The van der Waals surface area contributed by atoms with E-state index in [1.807, 2.05) is 0 Å². The second-order valence-corrected chi connectivity index (χ2v) is 25.9. The first-order valence-electron chi connectivity index (χ1n) is 26.8. The van der Waals surface area contributed by atoms with Gasteiger partial charge in [0.2, 0.25) is 0 Å². The molecule has 2 aliphatic heterocycles. The quantitative estimate of drug-likeness (QED) is 0.154. The number of rotatable bonds is 6. The lowest BCUT2D eigenvalue weighted by atomic mass is 9.33. The van der Waals surface area contributed by atoms with Crippen LogP contribution in [0.3, 0.4) is 0 Å². The van der Waals surface area contributed by atoms with Gasteiger partial charge in [0.25, 0.3) is 6.71 Å². The van der Waals surface area contributed by atoms with Crippen LogP contribution in [0.15, 0.2) is 170 Å². The first-order valence-corrected chi connectivity index (χ1v) is 26.8. The summed E-state index contributed by atoms with van der Waals surface area (Å²) in [5.74, 6) is 0. The van der Waals surface area contributed by atoms with Gasteiger partial charge in [-0.2, -0.15) is 0 Å². The SMILES string of the molecule is Cc1cc(C(C)(C)C)ccc1N1c2cc3c(cc2B2c4cc(N(c5ccccc5)c5ccccc5)ccc4N(c4ccc(C(C)(C)C)cc4-c4ccccc4)c4cc(C(C)(C)C)cc1c42)C(C)(C)CCC3(C)C. The molecule has 0 aromatic heterocycles. The van der Waals surface area contributed by atoms with Crippen LogP contribution in [0, 0.1) is 6.92 Å². The lowest BCUT2D eigenvalue weighted by molar-refractivity contribution is 0.332. The van der Waals surface area contributed by atoms with E-state index in [1.54, 1.807) is 0 Å². The van der Waals surface area contributed by atoms with Crippen LogP contribution in [0.2, 0.25) is 0 Å². The van der Waals surface area contributed by atoms with Crippen LogP contribution in [-0.2, 0) is 27.1 Å². The number of hydrogen-bond donors (Lipinski definition) is 0. The van der Waals surface area contributed by atoms with Crippen molar-refractivity contribution in [3.63, 3.8) is 0 Å². The first kappa shape index (κ1) is 48.5. The Morgan fingerprint density at radius 3 is 1.41 bits per heavy atom. The topological polar surface area (TPSA) is 9.72 Å². The van der Waals surface area contributed by atoms with Gasteiger partial charge in [-0.1, -0.05) is 181 Å². The Bertz CT molecular complexity index is 3380. The van der Waals surface area contributed by atoms with Gasteiger partial charge in [0.15, 0.2) is 0 Å². The highest BCUT2D eigenvalue weighted by Crippen LogP contribution is 2.53. The van der Waals surface area contributed by atoms with Crippen LogP contribution < -0.4 is 31.1 Å². The van der Waals surface area contributed by atoms with Crippen LogP contribution in [0.25, 0.3) is 11.1 Å². The van der Waals surface area contributed by atoms with E-state index in [9.17, 15) is 0 Å². The zero-order valence-electron chi connectivity index (χ0n) is 46.0. The van der Waals surface area contributed by atoms with E-state index in [1.165, 1.54) is 95.0 Å². The van der Waals surface area contributed by atoms with Crippen molar-refractivity contribution >= 4 is 74.3 Å². The van der Waals surface area contributed by atoms with Gasteiger partial charge >= 0.3 is 0 Å². The summed E-state index contributed by atoms with van der Waals surface area (Å²) in [6.45, 7) is 33.3. The molecule has 3 nitrogen and oxygen atoms in total. The maximum atomic E-state index is 2.69. The van der Waals surface area contributed by atoms with Gasteiger partial charge in [0.1, 0.15) is 0 Å². The van der Waals surface area contributed by atoms with Crippen molar-refractivity contribution in [1.82, 2.24) is 0 Å². The van der Waals surface area contributed by atoms with Crippen LogP contribution in [0.1, 0.15) is 136 Å². The Balaban J connectivity index is 1.30. The normalized spacial score (nSPS) is 15.6. The number of aryl methyl sites for hydroxylation is 1. The maximum absolute atomic E-state index is 2.69. The number of anilines is 9. The van der Waals surface area contributed by atoms with Crippen LogP contribution in [0.4, 0.5) is 51.2 Å². The molecule has 0 saturated heterocycles. The van der Waals surface area contributed by atoms with Crippen molar-refractivity contribution in [1.29, 1.82) is 0 Å². The molecular weight excluding hydrogens is 882 g/mol. The Morgan fingerprint density at radius 1 is 0.411 bits per heavy atom. The summed E-state index contributed by atoms with van der Waals surface area (Å²) in [5.41, 5.74) is 25.3. The molecule has 0 radical (unpaired) electrons. The standard InChI is InChI=1S/C69H74BN3/c1-45-38-47(65(2,3)4)30-33-58(45)72-61-44-55-54(68(11,12)36-37-69(55,13)14)43-57(61)70-56-42-52(71(50-26-20-16-21-27-50)51-28-22-17-23-29-51)32-35-60(56)73(63-41-49(67(8,9)10)40-62(72)64(63)70)59-34-31-48(66(5,6)7)39-53(59)46-24-18-15-19-25-46/h15-35,38-44H,36-37H2,1-14H3. The lowest BCUT2D eigenvalue weighted by Crippen LogP contribution is -2.62. The number of para-hydroxylation sites is 2. The predicted octanol–water partition coefficient (Wildman–Crippen LogP) is 17.5. The number of hydrogen-bond acceptors (Lipinski definition) is 3. The van der Waals surface area contributed by atoms with Gasteiger partial charge in [0, 0.05) is 51.1 Å². The van der Waals surface area contributed by atoms with Crippen molar-refractivity contribution < 1.29 is 0 Å². The fraction of sp³-hybridized carbons (Fsp3) is 0.304. The average Bonchev–Trinajstić information content (AvgIpc) is 3.35. The molecule has 2 heterocycles. The predicted molar refractivity (Wildman–Crippen MR) is 317 cm³/mol. The molecule has 0 unspecified atom stereocenters. The van der Waals surface area contributed by atoms with Crippen LogP contribution in [0.5, 0.6) is 0 Å². The number of nitrogens with zero attached hydrogens (tertiary/aromatic N) is 3. The second kappa shape index (κ2) is 17.2. The summed E-state index contributed by atoms with van der Waals surface area (Å²) in [4.78, 5) is 7.78. The third-order valence-corrected chi connectivity index (χ3v) is 16.7. The Morgan fingerprint density at radius 2 is 0.877 bits per heavy atom. The van der Waals surface area contributed by atoms with Crippen molar-refractivity contribution in [2.45, 2.75) is 137 Å². The van der Waals surface area contributed by atoms with Crippen molar-refractivity contribution in [3.05, 3.63) is 203 Å². The molecule has 0 atom stereocenters. The van der Waals surface area contributed by atoms with Crippen molar-refractivity contribution in [3.8, 4) is 11.1 Å². The van der Waals surface area contributed by atoms with E-state index in [0.717, 1.165) is 29.9 Å². The van der Waals surface area contributed by atoms with E-state index >= 15 is 0 Å². The molecular formula is C69H74BN3. The van der Waals surface area contributed by atoms with Gasteiger partial charge < -0.3 is 14.7 Å². The van der Waals surface area contributed by atoms with Gasteiger partial charge in [-0.25, -0.2) is 0 Å². The van der Waals surface area contributed by atoms with Crippen LogP contribution in [-0.4, -0.2) is 6.71 Å². The lowest BCUT2D eigenvalue weighted by Gasteiger charge is -2.48. The highest BCUT2D eigenvalue weighted by molar-refractivity contribution is 7.00. The molecule has 3 aliphatic rings. The minimum absolute atomic E-state index is 0.0103. The Hall–Kier alpha value is -6.78. The molecule has 368 valence electrons. The fourth-order valence-electron chi connectivity index (χ4n) is 12.2. The van der Waals surface area contributed by atoms with Gasteiger partial charge in [-0.15, -0.1) is 0 Å². The van der Waals surface area contributed by atoms with E-state index in [0.29, 0.717) is 0 Å². The minimum atomic E-state index is -0.153. The molecule has 11 rings (SSSR count). The van der Waals surface area contributed by atoms with E-state index < -0.39 is 0 Å². The summed E-state index contributed by atoms with van der Waals surface area (Å²) in [6, 6.07) is 65.2. The summed E-state index contributed by atoms with van der Waals surface area (Å²) < 4.78 is 0. The number of fused-ring (bicyclic) bond motifs is 5. The highest BCUT2D eigenvalue weighted by Gasteiger charge is 2.48. The summed E-state index contributed by atoms with van der Waals surface area (Å²) in [5, 5.41) is 0. The summed E-state index contributed by atoms with van der Waals surface area (Å²) in [7, 11) is 0. The molecule has 8 aromatic rings. The van der Waals surface area contributed by atoms with Gasteiger partial charge in [-0.05, 0) is 181 Å². The summed E-state index contributed by atoms with van der Waals surface area (Å²) >= 11 is 0. The van der Waals surface area contributed by atoms with Gasteiger partial charge in [-0.3, -0.25) is 0 Å².